The maximum absolute atomic E-state index is 11.9. The van der Waals surface area contributed by atoms with E-state index in [1.54, 1.807) is 18.2 Å². The molecule has 0 saturated heterocycles. The summed E-state index contributed by atoms with van der Waals surface area (Å²) in [5.74, 6) is -0.969. The lowest BCUT2D eigenvalue weighted by atomic mass is 10.2. The Hall–Kier alpha value is -2.56. The van der Waals surface area contributed by atoms with Gasteiger partial charge in [0, 0.05) is 23.6 Å². The number of carboxylic acid groups (broad SMARTS) is 1. The molecule has 1 aromatic carbocycles. The number of carboxylic acids is 1. The molecular weight excluding hydrogens is 382 g/mol. The van der Waals surface area contributed by atoms with Gasteiger partial charge in [0.05, 0.1) is 13.2 Å². The molecule has 0 aliphatic heterocycles. The predicted octanol–water partition coefficient (Wildman–Crippen LogP) is 0.930. The fourth-order valence-corrected chi connectivity index (χ4v) is 1.76. The molecule has 11 nitrogen and oxygen atoms in total. The SMILES string of the molecule is Cl.[N-]=[N+]=NC(COc1cccc(C(=O)NCCN)c1)OCCOCC(=O)O. The number of nitrogens with one attached hydrogen (secondary N) is 1. The average Bonchev–Trinajstić information content (AvgIpc) is 2.63. The van der Waals surface area contributed by atoms with Crippen molar-refractivity contribution in [3.05, 3.63) is 40.3 Å². The van der Waals surface area contributed by atoms with E-state index in [0.717, 1.165) is 0 Å². The summed E-state index contributed by atoms with van der Waals surface area (Å²) in [6, 6.07) is 6.45. The van der Waals surface area contributed by atoms with Crippen molar-refractivity contribution < 1.29 is 28.9 Å². The van der Waals surface area contributed by atoms with E-state index in [0.29, 0.717) is 24.4 Å². The second kappa shape index (κ2) is 14.6. The van der Waals surface area contributed by atoms with Crippen molar-refractivity contribution in [1.29, 1.82) is 0 Å². The number of carbonyl (C=O) groups excluding carboxylic acids is 1. The molecule has 1 unspecified atom stereocenters. The summed E-state index contributed by atoms with van der Waals surface area (Å²) in [7, 11) is 0. The van der Waals surface area contributed by atoms with Gasteiger partial charge in [0.25, 0.3) is 5.91 Å². The van der Waals surface area contributed by atoms with E-state index in [1.165, 1.54) is 6.07 Å². The van der Waals surface area contributed by atoms with E-state index in [2.05, 4.69) is 15.3 Å². The van der Waals surface area contributed by atoms with Crippen LogP contribution in [0.4, 0.5) is 0 Å². The van der Waals surface area contributed by atoms with Crippen molar-refractivity contribution in [1.82, 2.24) is 5.32 Å². The average molecular weight is 404 g/mol. The number of aliphatic carboxylic acids is 1. The third-order valence-corrected chi connectivity index (χ3v) is 2.86. The van der Waals surface area contributed by atoms with Gasteiger partial charge < -0.3 is 30.4 Å². The minimum Gasteiger partial charge on any atom is -0.491 e. The number of hydrogen-bond donors (Lipinski definition) is 3. The Morgan fingerprint density at radius 3 is 2.81 bits per heavy atom. The zero-order chi connectivity index (χ0) is 19.2. The highest BCUT2D eigenvalue weighted by Crippen LogP contribution is 2.14. The highest BCUT2D eigenvalue weighted by molar-refractivity contribution is 5.94. The molecule has 150 valence electrons. The Morgan fingerprint density at radius 2 is 2.15 bits per heavy atom. The summed E-state index contributed by atoms with van der Waals surface area (Å²) in [6.45, 7) is 0.230. The molecule has 0 bridgehead atoms. The Labute approximate surface area is 161 Å². The number of ether oxygens (including phenoxy) is 3. The lowest BCUT2D eigenvalue weighted by Crippen LogP contribution is -2.29. The molecule has 1 atom stereocenters. The quantitative estimate of drug-likeness (QED) is 0.190. The lowest BCUT2D eigenvalue weighted by Gasteiger charge is -2.14. The molecule has 27 heavy (non-hydrogen) atoms. The Kier molecular flexibility index (Phi) is 13.2. The molecule has 0 fully saturated rings. The third kappa shape index (κ3) is 10.9. The summed E-state index contributed by atoms with van der Waals surface area (Å²) in [5.41, 5.74) is 14.3. The van der Waals surface area contributed by atoms with Gasteiger partial charge in [-0.15, -0.1) is 12.4 Å². The molecule has 0 radical (unpaired) electrons. The first-order valence-corrected chi connectivity index (χ1v) is 7.73. The normalized spacial score (nSPS) is 10.9. The third-order valence-electron chi connectivity index (χ3n) is 2.86. The van der Waals surface area contributed by atoms with Gasteiger partial charge in [-0.3, -0.25) is 4.79 Å². The number of hydrogen-bond acceptors (Lipinski definition) is 7. The van der Waals surface area contributed by atoms with E-state index >= 15 is 0 Å². The molecule has 4 N–H and O–H groups in total. The number of rotatable bonds is 13. The molecule has 0 aliphatic rings. The van der Waals surface area contributed by atoms with Crippen LogP contribution in [0.2, 0.25) is 0 Å². The van der Waals surface area contributed by atoms with Crippen LogP contribution < -0.4 is 15.8 Å². The Bertz CT molecular complexity index is 641. The maximum atomic E-state index is 11.9. The van der Waals surface area contributed by atoms with Crippen LogP contribution in [0.25, 0.3) is 10.4 Å². The van der Waals surface area contributed by atoms with Crippen LogP contribution in [0.15, 0.2) is 29.4 Å². The largest absolute Gasteiger partial charge is 0.491 e. The van der Waals surface area contributed by atoms with Gasteiger partial charge in [-0.25, -0.2) is 4.79 Å². The van der Waals surface area contributed by atoms with Crippen LogP contribution in [0.3, 0.4) is 0 Å². The molecule has 0 aromatic heterocycles. The van der Waals surface area contributed by atoms with Crippen LogP contribution in [-0.2, 0) is 14.3 Å². The van der Waals surface area contributed by atoms with Gasteiger partial charge >= 0.3 is 5.97 Å². The van der Waals surface area contributed by atoms with Crippen molar-refractivity contribution in [3.63, 3.8) is 0 Å². The maximum Gasteiger partial charge on any atom is 0.329 e. The van der Waals surface area contributed by atoms with Gasteiger partial charge in [-0.2, -0.15) is 0 Å². The summed E-state index contributed by atoms with van der Waals surface area (Å²) in [4.78, 5) is 24.8. The fourth-order valence-electron chi connectivity index (χ4n) is 1.76. The molecule has 12 heteroatoms. The number of benzene rings is 1. The van der Waals surface area contributed by atoms with E-state index in [4.69, 9.17) is 30.6 Å². The second-order valence-corrected chi connectivity index (χ2v) is 4.86. The van der Waals surface area contributed by atoms with Gasteiger partial charge in [-0.05, 0) is 23.7 Å². The number of nitrogens with two attached hydrogens (primary N) is 1. The van der Waals surface area contributed by atoms with Crippen LogP contribution in [0.5, 0.6) is 5.75 Å². The number of halogens is 1. The monoisotopic (exact) mass is 403 g/mol. The highest BCUT2D eigenvalue weighted by atomic mass is 35.5. The molecule has 1 aromatic rings. The van der Waals surface area contributed by atoms with Crippen molar-refractivity contribution >= 4 is 24.3 Å². The van der Waals surface area contributed by atoms with Crippen LogP contribution in [0, 0.1) is 0 Å². The molecule has 1 amide bonds. The predicted molar refractivity (Wildman–Crippen MR) is 97.9 cm³/mol. The first-order chi connectivity index (χ1) is 12.6. The topological polar surface area (TPSA) is 169 Å². The molecule has 0 aliphatic carbocycles. The summed E-state index contributed by atoms with van der Waals surface area (Å²) in [5, 5.41) is 14.5. The van der Waals surface area contributed by atoms with Gasteiger partial charge in [0.15, 0.2) is 6.23 Å². The lowest BCUT2D eigenvalue weighted by molar-refractivity contribution is -0.143. The van der Waals surface area contributed by atoms with E-state index in [9.17, 15) is 9.59 Å². The Morgan fingerprint density at radius 1 is 1.37 bits per heavy atom. The minimum absolute atomic E-state index is 0. The van der Waals surface area contributed by atoms with Crippen molar-refractivity contribution in [2.24, 2.45) is 10.8 Å². The fraction of sp³-hybridized carbons (Fsp3) is 0.467. The van der Waals surface area contributed by atoms with Crippen LogP contribution in [-0.4, -0.2) is 62.7 Å². The number of azide groups is 1. The van der Waals surface area contributed by atoms with E-state index in [-0.39, 0.29) is 38.1 Å². The van der Waals surface area contributed by atoms with Crippen molar-refractivity contribution in [2.45, 2.75) is 6.23 Å². The minimum atomic E-state index is -1.09. The summed E-state index contributed by atoms with van der Waals surface area (Å²) in [6.07, 6.45) is -0.928. The molecule has 0 saturated carbocycles. The zero-order valence-electron chi connectivity index (χ0n) is 14.4. The zero-order valence-corrected chi connectivity index (χ0v) is 15.3. The first-order valence-electron chi connectivity index (χ1n) is 7.73. The van der Waals surface area contributed by atoms with Crippen molar-refractivity contribution in [2.75, 3.05) is 39.5 Å². The summed E-state index contributed by atoms with van der Waals surface area (Å²) >= 11 is 0. The summed E-state index contributed by atoms with van der Waals surface area (Å²) < 4.78 is 15.5. The molecular formula is C15H22ClN5O6. The van der Waals surface area contributed by atoms with Gasteiger partial charge in [-0.1, -0.05) is 11.2 Å². The van der Waals surface area contributed by atoms with Crippen molar-refractivity contribution in [3.8, 4) is 5.75 Å². The second-order valence-electron chi connectivity index (χ2n) is 4.86. The van der Waals surface area contributed by atoms with E-state index in [1.807, 2.05) is 0 Å². The Balaban J connectivity index is 0.00000676. The molecule has 0 heterocycles. The smallest absolute Gasteiger partial charge is 0.329 e. The van der Waals surface area contributed by atoms with Gasteiger partial charge in [0.2, 0.25) is 0 Å². The highest BCUT2D eigenvalue weighted by Gasteiger charge is 2.10. The number of amides is 1. The first kappa shape index (κ1) is 24.4. The number of nitrogens with zero attached hydrogens (tertiary/aromatic N) is 3. The number of carbonyl (C=O) groups is 2. The molecule has 0 spiro atoms. The van der Waals surface area contributed by atoms with Crippen LogP contribution in [0.1, 0.15) is 10.4 Å². The van der Waals surface area contributed by atoms with Gasteiger partial charge in [0.1, 0.15) is 19.0 Å². The molecule has 1 rings (SSSR count). The van der Waals surface area contributed by atoms with E-state index < -0.39 is 18.8 Å². The van der Waals surface area contributed by atoms with Crippen LogP contribution >= 0.6 is 12.4 Å². The standard InChI is InChI=1S/C15H21N5O6.ClH/c16-4-5-18-15(23)11-2-1-3-12(8-11)26-9-13(19-20-17)25-7-6-24-10-14(21)22;/h1-3,8,13H,4-7,9-10,16H2,(H,18,23)(H,21,22);1H.